The highest BCUT2D eigenvalue weighted by atomic mass is 35.5. The molecule has 2 nitrogen and oxygen atoms in total. The van der Waals surface area contributed by atoms with E-state index in [0.717, 1.165) is 5.56 Å². The molecule has 1 aromatic carbocycles. The van der Waals surface area contributed by atoms with Crippen LogP contribution in [0.25, 0.3) is 0 Å². The van der Waals surface area contributed by atoms with E-state index in [0.29, 0.717) is 21.9 Å². The van der Waals surface area contributed by atoms with Crippen LogP contribution in [0.4, 0.5) is 0 Å². The van der Waals surface area contributed by atoms with Crippen molar-refractivity contribution in [3.05, 3.63) is 69.1 Å². The SMILES string of the molecule is [O-][n+]1c(Cl)cccc1Cc1ccccc1Cl. The number of rotatable bonds is 2. The zero-order chi connectivity index (χ0) is 11.5. The molecule has 0 unspecified atom stereocenters. The van der Waals surface area contributed by atoms with Gasteiger partial charge < -0.3 is 5.21 Å². The lowest BCUT2D eigenvalue weighted by Crippen LogP contribution is -2.33. The van der Waals surface area contributed by atoms with Gasteiger partial charge in [0.05, 0.1) is 6.42 Å². The second kappa shape index (κ2) is 4.73. The zero-order valence-corrected chi connectivity index (χ0v) is 9.87. The van der Waals surface area contributed by atoms with Gasteiger partial charge in [0.15, 0.2) is 5.69 Å². The third-order valence-electron chi connectivity index (χ3n) is 2.31. The number of benzene rings is 1. The Hall–Kier alpha value is -1.25. The van der Waals surface area contributed by atoms with Gasteiger partial charge in [0.1, 0.15) is 0 Å². The van der Waals surface area contributed by atoms with Crippen LogP contribution < -0.4 is 4.73 Å². The Morgan fingerprint density at radius 3 is 2.50 bits per heavy atom. The number of pyridine rings is 1. The smallest absolute Gasteiger partial charge is 0.286 e. The van der Waals surface area contributed by atoms with Crippen LogP contribution in [0.1, 0.15) is 11.3 Å². The van der Waals surface area contributed by atoms with Crippen LogP contribution in [0.5, 0.6) is 0 Å². The van der Waals surface area contributed by atoms with E-state index in [9.17, 15) is 5.21 Å². The van der Waals surface area contributed by atoms with Gasteiger partial charge in [-0.25, -0.2) is 0 Å². The van der Waals surface area contributed by atoms with Crippen molar-refractivity contribution >= 4 is 23.2 Å². The van der Waals surface area contributed by atoms with Crippen LogP contribution in [-0.2, 0) is 6.42 Å². The normalized spacial score (nSPS) is 10.4. The van der Waals surface area contributed by atoms with Gasteiger partial charge in [-0.05, 0) is 29.3 Å². The molecule has 0 saturated carbocycles. The molecule has 0 radical (unpaired) electrons. The van der Waals surface area contributed by atoms with Crippen molar-refractivity contribution in [2.45, 2.75) is 6.42 Å². The molecule has 0 aliphatic rings. The molecule has 0 N–H and O–H groups in total. The van der Waals surface area contributed by atoms with Crippen molar-refractivity contribution < 1.29 is 4.73 Å². The predicted octanol–water partition coefficient (Wildman–Crippen LogP) is 3.22. The summed E-state index contributed by atoms with van der Waals surface area (Å²) in [6.07, 6.45) is 0.476. The van der Waals surface area contributed by atoms with Gasteiger partial charge in [-0.2, -0.15) is 4.73 Å². The lowest BCUT2D eigenvalue weighted by molar-refractivity contribution is -0.611. The molecule has 82 valence electrons. The van der Waals surface area contributed by atoms with Crippen molar-refractivity contribution in [3.63, 3.8) is 0 Å². The summed E-state index contributed by atoms with van der Waals surface area (Å²) in [5.74, 6) is 0. The minimum atomic E-state index is 0.171. The molecule has 16 heavy (non-hydrogen) atoms. The van der Waals surface area contributed by atoms with E-state index < -0.39 is 0 Å². The Morgan fingerprint density at radius 2 is 1.75 bits per heavy atom. The first-order valence-corrected chi connectivity index (χ1v) is 5.54. The molecule has 2 aromatic rings. The number of nitrogens with zero attached hydrogens (tertiary/aromatic N) is 1. The van der Waals surface area contributed by atoms with Crippen molar-refractivity contribution in [2.24, 2.45) is 0 Å². The Morgan fingerprint density at radius 1 is 1.00 bits per heavy atom. The van der Waals surface area contributed by atoms with E-state index in [1.54, 1.807) is 24.3 Å². The maximum atomic E-state index is 11.6. The fraction of sp³-hybridized carbons (Fsp3) is 0.0833. The van der Waals surface area contributed by atoms with Crippen LogP contribution in [0.15, 0.2) is 42.5 Å². The molecular weight excluding hydrogens is 245 g/mol. The largest absolute Gasteiger partial charge is 0.617 e. The standard InChI is InChI=1S/C12H9Cl2NO/c13-11-6-2-1-4-9(11)8-10-5-3-7-12(14)15(10)16/h1-7H,8H2. The van der Waals surface area contributed by atoms with Gasteiger partial charge in [-0.15, -0.1) is 0 Å². The van der Waals surface area contributed by atoms with Crippen molar-refractivity contribution in [1.29, 1.82) is 0 Å². The van der Waals surface area contributed by atoms with E-state index in [4.69, 9.17) is 23.2 Å². The first-order chi connectivity index (χ1) is 7.68. The zero-order valence-electron chi connectivity index (χ0n) is 8.36. The van der Waals surface area contributed by atoms with E-state index >= 15 is 0 Å². The summed E-state index contributed by atoms with van der Waals surface area (Å²) in [4.78, 5) is 0. The minimum absolute atomic E-state index is 0.171. The van der Waals surface area contributed by atoms with Crippen LogP contribution >= 0.6 is 23.2 Å². The molecule has 0 atom stereocenters. The van der Waals surface area contributed by atoms with Crippen molar-refractivity contribution in [2.75, 3.05) is 0 Å². The molecule has 1 aromatic heterocycles. The first-order valence-electron chi connectivity index (χ1n) is 4.79. The lowest BCUT2D eigenvalue weighted by Gasteiger charge is -2.06. The fourth-order valence-electron chi connectivity index (χ4n) is 1.48. The summed E-state index contributed by atoms with van der Waals surface area (Å²) in [6, 6.07) is 12.5. The van der Waals surface area contributed by atoms with Gasteiger partial charge in [-0.3, -0.25) is 0 Å². The Labute approximate surface area is 104 Å². The summed E-state index contributed by atoms with van der Waals surface area (Å²) in [5.41, 5.74) is 1.50. The average Bonchev–Trinajstić information content (AvgIpc) is 2.28. The van der Waals surface area contributed by atoms with Crippen LogP contribution in [-0.4, -0.2) is 0 Å². The number of aromatic nitrogens is 1. The quantitative estimate of drug-likeness (QED) is 0.459. The summed E-state index contributed by atoms with van der Waals surface area (Å²) in [5, 5.41) is 12.5. The molecule has 0 fully saturated rings. The van der Waals surface area contributed by atoms with Crippen LogP contribution in [0.3, 0.4) is 0 Å². The van der Waals surface area contributed by atoms with Gasteiger partial charge in [0.2, 0.25) is 0 Å². The van der Waals surface area contributed by atoms with Crippen molar-refractivity contribution in [3.8, 4) is 0 Å². The summed E-state index contributed by atoms with van der Waals surface area (Å²) >= 11 is 11.8. The van der Waals surface area contributed by atoms with E-state index in [1.165, 1.54) is 0 Å². The molecular formula is C12H9Cl2NO. The molecule has 0 aliphatic heterocycles. The van der Waals surface area contributed by atoms with Crippen LogP contribution in [0.2, 0.25) is 10.2 Å². The maximum Gasteiger partial charge on any atom is 0.286 e. The predicted molar refractivity (Wildman–Crippen MR) is 64.7 cm³/mol. The average molecular weight is 254 g/mol. The second-order valence-electron chi connectivity index (χ2n) is 3.40. The first kappa shape index (κ1) is 11.2. The third kappa shape index (κ3) is 2.29. The Balaban J connectivity index is 2.35. The molecule has 0 spiro atoms. The van der Waals surface area contributed by atoms with Gasteiger partial charge in [-0.1, -0.05) is 29.8 Å². The lowest BCUT2D eigenvalue weighted by atomic mass is 10.1. The molecule has 0 amide bonds. The van der Waals surface area contributed by atoms with Crippen molar-refractivity contribution in [1.82, 2.24) is 0 Å². The molecule has 1 heterocycles. The van der Waals surface area contributed by atoms with Gasteiger partial charge >= 0.3 is 0 Å². The summed E-state index contributed by atoms with van der Waals surface area (Å²) in [7, 11) is 0. The monoisotopic (exact) mass is 253 g/mol. The second-order valence-corrected chi connectivity index (χ2v) is 4.20. The van der Waals surface area contributed by atoms with E-state index in [-0.39, 0.29) is 5.15 Å². The Kier molecular flexibility index (Phi) is 3.32. The van der Waals surface area contributed by atoms with E-state index in [2.05, 4.69) is 0 Å². The molecule has 0 aliphatic carbocycles. The summed E-state index contributed by atoms with van der Waals surface area (Å²) in [6.45, 7) is 0. The fourth-order valence-corrected chi connectivity index (χ4v) is 1.86. The number of hydrogen-bond acceptors (Lipinski definition) is 1. The minimum Gasteiger partial charge on any atom is -0.617 e. The molecule has 0 bridgehead atoms. The molecule has 4 heteroatoms. The third-order valence-corrected chi connectivity index (χ3v) is 2.95. The number of halogens is 2. The van der Waals surface area contributed by atoms with E-state index in [1.807, 2.05) is 18.2 Å². The van der Waals surface area contributed by atoms with Crippen LogP contribution in [0, 0.1) is 5.21 Å². The Bertz CT molecular complexity index is 514. The highest BCUT2D eigenvalue weighted by Crippen LogP contribution is 2.18. The highest BCUT2D eigenvalue weighted by molar-refractivity contribution is 6.31. The number of hydrogen-bond donors (Lipinski definition) is 0. The molecule has 2 rings (SSSR count). The van der Waals surface area contributed by atoms with Gasteiger partial charge in [0.25, 0.3) is 5.15 Å². The molecule has 0 saturated heterocycles. The topological polar surface area (TPSA) is 26.9 Å². The highest BCUT2D eigenvalue weighted by Gasteiger charge is 2.11. The maximum absolute atomic E-state index is 11.6. The summed E-state index contributed by atoms with van der Waals surface area (Å²) < 4.78 is 0.713. The van der Waals surface area contributed by atoms with Gasteiger partial charge in [0, 0.05) is 17.2 Å².